The van der Waals surface area contributed by atoms with Gasteiger partial charge < -0.3 is 19.5 Å². The molecule has 1 N–H and O–H groups in total. The molecule has 8 nitrogen and oxygen atoms in total. The summed E-state index contributed by atoms with van der Waals surface area (Å²) in [7, 11) is 1.99. The van der Waals surface area contributed by atoms with Gasteiger partial charge in [0.2, 0.25) is 5.88 Å². The fourth-order valence-electron chi connectivity index (χ4n) is 3.43. The maximum atomic E-state index is 12.5. The fraction of sp³-hybridized carbons (Fsp3) is 0.304. The molecule has 3 heterocycles. The van der Waals surface area contributed by atoms with E-state index in [1.54, 1.807) is 59.3 Å². The minimum atomic E-state index is -0.395. The molecule has 0 aliphatic carbocycles. The van der Waals surface area contributed by atoms with Gasteiger partial charge >= 0.3 is 6.09 Å². The summed E-state index contributed by atoms with van der Waals surface area (Å²) in [5, 5.41) is 3.79. The molecule has 0 radical (unpaired) electrons. The largest absolute Gasteiger partial charge is 0.416 e. The van der Waals surface area contributed by atoms with Crippen LogP contribution in [0, 0.1) is 5.92 Å². The number of carbonyl (C=O) groups excluding carboxylic acids is 2. The number of hydrogen-bond donors (Lipinski definition) is 1. The summed E-state index contributed by atoms with van der Waals surface area (Å²) in [6.07, 6.45) is 6.70. The van der Waals surface area contributed by atoms with E-state index in [-0.39, 0.29) is 11.8 Å². The average Bonchev–Trinajstić information content (AvgIpc) is 3.24. The van der Waals surface area contributed by atoms with Crippen molar-refractivity contribution < 1.29 is 14.3 Å². The highest BCUT2D eigenvalue weighted by Crippen LogP contribution is 2.26. The Morgan fingerprint density at radius 1 is 1.12 bits per heavy atom. The van der Waals surface area contributed by atoms with Gasteiger partial charge in [-0.3, -0.25) is 4.79 Å². The highest BCUT2D eigenvalue weighted by molar-refractivity contribution is 7.99. The van der Waals surface area contributed by atoms with Crippen molar-refractivity contribution >= 4 is 29.4 Å². The van der Waals surface area contributed by atoms with E-state index < -0.39 is 6.09 Å². The Balaban J connectivity index is 1.22. The lowest BCUT2D eigenvalue weighted by Gasteiger charge is -2.30. The molecule has 0 unspecified atom stereocenters. The highest BCUT2D eigenvalue weighted by Gasteiger charge is 2.24. The number of pyridine rings is 1. The summed E-state index contributed by atoms with van der Waals surface area (Å²) in [6.45, 7) is 1.33. The van der Waals surface area contributed by atoms with E-state index in [1.807, 2.05) is 23.9 Å². The Hall–Kier alpha value is -3.33. The van der Waals surface area contributed by atoms with Gasteiger partial charge in [-0.2, -0.15) is 0 Å². The molecule has 2 aromatic heterocycles. The zero-order valence-corrected chi connectivity index (χ0v) is 18.6. The maximum absolute atomic E-state index is 12.5. The van der Waals surface area contributed by atoms with Gasteiger partial charge in [0.25, 0.3) is 5.91 Å². The normalized spacial score (nSPS) is 14.2. The summed E-state index contributed by atoms with van der Waals surface area (Å²) in [4.78, 5) is 34.9. The van der Waals surface area contributed by atoms with E-state index in [4.69, 9.17) is 4.74 Å². The molecule has 0 spiro atoms. The maximum Gasteiger partial charge on any atom is 0.416 e. The Kier molecular flexibility index (Phi) is 7.06. The van der Waals surface area contributed by atoms with Crippen molar-refractivity contribution in [3.8, 4) is 5.88 Å². The number of likely N-dealkylation sites (tertiary alicyclic amines) is 1. The number of nitrogens with one attached hydrogen (secondary N) is 1. The molecule has 0 atom stereocenters. The standard InChI is InChI=1S/C23H25N5O3S/c1-27-14-11-24-22(27)32-16-17-9-12-28(13-10-17)23(30)31-20-8-7-19(15-25-20)26-21(29)18-5-3-2-4-6-18/h2-8,11,14-15,17H,9-10,12-13,16H2,1H3,(H,26,29). The van der Waals surface area contributed by atoms with Crippen molar-refractivity contribution in [1.82, 2.24) is 19.4 Å². The first-order valence-corrected chi connectivity index (χ1v) is 11.5. The van der Waals surface area contributed by atoms with E-state index in [0.29, 0.717) is 30.3 Å². The lowest BCUT2D eigenvalue weighted by molar-refractivity contribution is 0.102. The second kappa shape index (κ2) is 10.3. The van der Waals surface area contributed by atoms with Crippen LogP contribution in [-0.4, -0.2) is 50.3 Å². The lowest BCUT2D eigenvalue weighted by atomic mass is 9.99. The third-order valence-electron chi connectivity index (χ3n) is 5.32. The van der Waals surface area contributed by atoms with E-state index in [9.17, 15) is 9.59 Å². The first kappa shape index (κ1) is 21.9. The number of benzene rings is 1. The van der Waals surface area contributed by atoms with Crippen LogP contribution >= 0.6 is 11.8 Å². The number of rotatable bonds is 6. The first-order chi connectivity index (χ1) is 15.6. The van der Waals surface area contributed by atoms with Gasteiger partial charge in [0, 0.05) is 49.9 Å². The minimum absolute atomic E-state index is 0.208. The number of anilines is 1. The zero-order valence-electron chi connectivity index (χ0n) is 17.8. The van der Waals surface area contributed by atoms with E-state index in [0.717, 1.165) is 23.8 Å². The Labute approximate surface area is 191 Å². The quantitative estimate of drug-likeness (QED) is 0.568. The van der Waals surface area contributed by atoms with Crippen molar-refractivity contribution in [2.75, 3.05) is 24.2 Å². The lowest BCUT2D eigenvalue weighted by Crippen LogP contribution is -2.40. The summed E-state index contributed by atoms with van der Waals surface area (Å²) >= 11 is 1.75. The number of hydrogen-bond acceptors (Lipinski definition) is 6. The molecule has 9 heteroatoms. The van der Waals surface area contributed by atoms with Gasteiger partial charge in [-0.05, 0) is 37.0 Å². The average molecular weight is 452 g/mol. The van der Waals surface area contributed by atoms with Crippen LogP contribution < -0.4 is 10.1 Å². The van der Waals surface area contributed by atoms with E-state index in [1.165, 1.54) is 6.20 Å². The van der Waals surface area contributed by atoms with E-state index >= 15 is 0 Å². The predicted octanol–water partition coefficient (Wildman–Crippen LogP) is 4.07. The molecule has 1 fully saturated rings. The topological polar surface area (TPSA) is 89.4 Å². The summed E-state index contributed by atoms with van der Waals surface area (Å²) in [6, 6.07) is 12.2. The Morgan fingerprint density at radius 3 is 2.56 bits per heavy atom. The van der Waals surface area contributed by atoms with Crippen LogP contribution in [0.4, 0.5) is 10.5 Å². The van der Waals surface area contributed by atoms with Crippen LogP contribution in [0.25, 0.3) is 0 Å². The van der Waals surface area contributed by atoms with E-state index in [2.05, 4.69) is 15.3 Å². The molecule has 0 bridgehead atoms. The van der Waals surface area contributed by atoms with Crippen LogP contribution in [0.3, 0.4) is 0 Å². The molecule has 32 heavy (non-hydrogen) atoms. The van der Waals surface area contributed by atoms with Crippen LogP contribution in [0.1, 0.15) is 23.2 Å². The number of imidazole rings is 1. The monoisotopic (exact) mass is 451 g/mol. The number of aromatic nitrogens is 3. The number of ether oxygens (including phenoxy) is 1. The van der Waals surface area contributed by atoms with Gasteiger partial charge in [-0.15, -0.1) is 0 Å². The number of nitrogens with zero attached hydrogens (tertiary/aromatic N) is 4. The predicted molar refractivity (Wildman–Crippen MR) is 123 cm³/mol. The number of thioether (sulfide) groups is 1. The molecule has 1 aliphatic heterocycles. The number of carbonyl (C=O) groups is 2. The number of piperidine rings is 1. The Morgan fingerprint density at radius 2 is 1.91 bits per heavy atom. The fourth-order valence-corrected chi connectivity index (χ4v) is 4.55. The third kappa shape index (κ3) is 5.67. The van der Waals surface area contributed by atoms with Gasteiger partial charge in [-0.25, -0.2) is 14.8 Å². The SMILES string of the molecule is Cn1ccnc1SCC1CCN(C(=O)Oc2ccc(NC(=O)c3ccccc3)cn2)CC1. The molecule has 2 amide bonds. The molecule has 0 saturated carbocycles. The molecule has 1 saturated heterocycles. The molecular formula is C23H25N5O3S. The van der Waals surface area contributed by atoms with Crippen molar-refractivity contribution in [2.45, 2.75) is 18.0 Å². The molecular weight excluding hydrogens is 426 g/mol. The summed E-state index contributed by atoms with van der Waals surface area (Å²) in [5.41, 5.74) is 1.09. The second-order valence-electron chi connectivity index (χ2n) is 7.64. The van der Waals surface area contributed by atoms with Crippen molar-refractivity contribution in [1.29, 1.82) is 0 Å². The molecule has 3 aromatic rings. The highest BCUT2D eigenvalue weighted by atomic mass is 32.2. The van der Waals surface area contributed by atoms with Crippen LogP contribution in [0.15, 0.2) is 66.2 Å². The zero-order chi connectivity index (χ0) is 22.3. The van der Waals surface area contributed by atoms with Gasteiger partial charge in [0.15, 0.2) is 5.16 Å². The first-order valence-electron chi connectivity index (χ1n) is 10.5. The number of amides is 2. The van der Waals surface area contributed by atoms with Gasteiger partial charge in [-0.1, -0.05) is 30.0 Å². The molecule has 4 rings (SSSR count). The van der Waals surface area contributed by atoms with Crippen molar-refractivity contribution in [2.24, 2.45) is 13.0 Å². The van der Waals surface area contributed by atoms with Gasteiger partial charge in [0.1, 0.15) is 0 Å². The van der Waals surface area contributed by atoms with Crippen LogP contribution in [0.2, 0.25) is 0 Å². The van der Waals surface area contributed by atoms with Crippen molar-refractivity contribution in [3.05, 3.63) is 66.6 Å². The summed E-state index contributed by atoms with van der Waals surface area (Å²) in [5.74, 6) is 1.53. The molecule has 166 valence electrons. The summed E-state index contributed by atoms with van der Waals surface area (Å²) < 4.78 is 7.43. The third-order valence-corrected chi connectivity index (χ3v) is 6.61. The van der Waals surface area contributed by atoms with Gasteiger partial charge in [0.05, 0.1) is 11.9 Å². The smallest absolute Gasteiger partial charge is 0.391 e. The van der Waals surface area contributed by atoms with Crippen LogP contribution in [-0.2, 0) is 7.05 Å². The molecule has 1 aromatic carbocycles. The minimum Gasteiger partial charge on any atom is -0.391 e. The van der Waals surface area contributed by atoms with Crippen molar-refractivity contribution in [3.63, 3.8) is 0 Å². The molecule has 1 aliphatic rings. The van der Waals surface area contributed by atoms with Crippen LogP contribution in [0.5, 0.6) is 5.88 Å². The second-order valence-corrected chi connectivity index (χ2v) is 8.62. The Bertz CT molecular complexity index is 1050. The number of aryl methyl sites for hydroxylation is 1.